The van der Waals surface area contributed by atoms with Crippen molar-refractivity contribution in [2.75, 3.05) is 19.6 Å². The minimum Gasteiger partial charge on any atom is -0.370 e. The number of rotatable bonds is 3. The fourth-order valence-corrected chi connectivity index (χ4v) is 2.92. The average molecular weight is 406 g/mol. The predicted octanol–water partition coefficient (Wildman–Crippen LogP) is 3.20. The quantitative estimate of drug-likeness (QED) is 0.476. The van der Waals surface area contributed by atoms with Crippen molar-refractivity contribution in [3.05, 3.63) is 17.0 Å². The second kappa shape index (κ2) is 8.60. The van der Waals surface area contributed by atoms with E-state index < -0.39 is 0 Å². The Hall–Kier alpha value is -0.790. The molecule has 1 atom stereocenters. The zero-order valence-electron chi connectivity index (χ0n) is 13.3. The van der Waals surface area contributed by atoms with Crippen LogP contribution in [-0.4, -0.2) is 35.7 Å². The molecule has 1 saturated heterocycles. The summed E-state index contributed by atoms with van der Waals surface area (Å²) in [5, 5.41) is 4.00. The lowest BCUT2D eigenvalue weighted by molar-refractivity contribution is 0.391. The minimum atomic E-state index is 0. The van der Waals surface area contributed by atoms with Gasteiger partial charge in [0.1, 0.15) is 5.76 Å². The standard InChI is InChI=1S/C15H26N4O.HI/c1-11(14-12(2)18-20-13(14)3)10-17-15(16)19-8-6-4-5-7-9-19;/h11H,4-10H2,1-3H3,(H2,16,17);1H. The van der Waals surface area contributed by atoms with E-state index in [0.29, 0.717) is 12.5 Å². The maximum Gasteiger partial charge on any atom is 0.191 e. The Morgan fingerprint density at radius 3 is 2.43 bits per heavy atom. The summed E-state index contributed by atoms with van der Waals surface area (Å²) in [6, 6.07) is 0. The molecule has 21 heavy (non-hydrogen) atoms. The smallest absolute Gasteiger partial charge is 0.191 e. The summed E-state index contributed by atoms with van der Waals surface area (Å²) >= 11 is 0. The van der Waals surface area contributed by atoms with Gasteiger partial charge in [-0.25, -0.2) is 0 Å². The molecule has 0 radical (unpaired) electrons. The summed E-state index contributed by atoms with van der Waals surface area (Å²) in [7, 11) is 0. The van der Waals surface area contributed by atoms with Gasteiger partial charge >= 0.3 is 0 Å². The van der Waals surface area contributed by atoms with Crippen LogP contribution in [0.3, 0.4) is 0 Å². The van der Waals surface area contributed by atoms with E-state index in [4.69, 9.17) is 10.3 Å². The molecule has 0 spiro atoms. The largest absolute Gasteiger partial charge is 0.370 e. The fourth-order valence-electron chi connectivity index (χ4n) is 2.92. The molecule has 1 aliphatic rings. The summed E-state index contributed by atoms with van der Waals surface area (Å²) in [5.74, 6) is 1.86. The predicted molar refractivity (Wildman–Crippen MR) is 96.3 cm³/mol. The SMILES string of the molecule is Cc1noc(C)c1C(C)CN=C(N)N1CCCCCC1.I. The van der Waals surface area contributed by atoms with Crippen LogP contribution in [0.1, 0.15) is 55.5 Å². The van der Waals surface area contributed by atoms with E-state index in [1.165, 1.54) is 25.7 Å². The van der Waals surface area contributed by atoms with Crippen LogP contribution in [0, 0.1) is 13.8 Å². The van der Waals surface area contributed by atoms with Crippen LogP contribution in [-0.2, 0) is 0 Å². The van der Waals surface area contributed by atoms with Crippen LogP contribution in [0.5, 0.6) is 0 Å². The number of nitrogens with two attached hydrogens (primary N) is 1. The number of hydrogen-bond acceptors (Lipinski definition) is 3. The summed E-state index contributed by atoms with van der Waals surface area (Å²) in [6.45, 7) is 8.83. The monoisotopic (exact) mass is 406 g/mol. The molecule has 0 aromatic carbocycles. The lowest BCUT2D eigenvalue weighted by atomic mass is 10.00. The van der Waals surface area contributed by atoms with Crippen molar-refractivity contribution in [3.63, 3.8) is 0 Å². The first-order valence-corrected chi connectivity index (χ1v) is 7.57. The molecule has 1 aromatic heterocycles. The fraction of sp³-hybridized carbons (Fsp3) is 0.733. The van der Waals surface area contributed by atoms with E-state index in [-0.39, 0.29) is 29.9 Å². The Balaban J connectivity index is 0.00000220. The van der Waals surface area contributed by atoms with Crippen molar-refractivity contribution in [3.8, 4) is 0 Å². The van der Waals surface area contributed by atoms with Gasteiger partial charge in [-0.3, -0.25) is 4.99 Å². The van der Waals surface area contributed by atoms with E-state index in [2.05, 4.69) is 22.0 Å². The van der Waals surface area contributed by atoms with Gasteiger partial charge in [-0.15, -0.1) is 24.0 Å². The molecule has 6 heteroatoms. The first-order chi connectivity index (χ1) is 9.59. The lowest BCUT2D eigenvalue weighted by Gasteiger charge is -2.21. The van der Waals surface area contributed by atoms with Gasteiger partial charge in [0.2, 0.25) is 0 Å². The number of guanidine groups is 1. The molecule has 0 bridgehead atoms. The second-order valence-corrected chi connectivity index (χ2v) is 5.74. The van der Waals surface area contributed by atoms with Crippen LogP contribution in [0.4, 0.5) is 0 Å². The van der Waals surface area contributed by atoms with Gasteiger partial charge in [0, 0.05) is 31.1 Å². The van der Waals surface area contributed by atoms with Crippen molar-refractivity contribution in [1.82, 2.24) is 10.1 Å². The van der Waals surface area contributed by atoms with Crippen LogP contribution >= 0.6 is 24.0 Å². The average Bonchev–Trinajstić information content (AvgIpc) is 2.66. The first-order valence-electron chi connectivity index (χ1n) is 7.57. The van der Waals surface area contributed by atoms with Gasteiger partial charge in [0.25, 0.3) is 0 Å². The molecule has 2 heterocycles. The highest BCUT2D eigenvalue weighted by atomic mass is 127. The molecular formula is C15H27IN4O. The Morgan fingerprint density at radius 2 is 1.90 bits per heavy atom. The zero-order chi connectivity index (χ0) is 14.5. The first kappa shape index (κ1) is 18.3. The van der Waals surface area contributed by atoms with Crippen LogP contribution in [0.15, 0.2) is 9.52 Å². The third kappa shape index (κ3) is 4.86. The normalized spacial score (nSPS) is 18.0. The number of aliphatic imine (C=N–C) groups is 1. The summed E-state index contributed by atoms with van der Waals surface area (Å²) in [6.07, 6.45) is 5.05. The van der Waals surface area contributed by atoms with Gasteiger partial charge < -0.3 is 15.2 Å². The van der Waals surface area contributed by atoms with Gasteiger partial charge in [0.05, 0.1) is 5.69 Å². The third-order valence-corrected chi connectivity index (χ3v) is 4.04. The number of halogens is 1. The van der Waals surface area contributed by atoms with Crippen LogP contribution < -0.4 is 5.73 Å². The highest BCUT2D eigenvalue weighted by Gasteiger charge is 2.17. The highest BCUT2D eigenvalue weighted by Crippen LogP contribution is 2.23. The molecule has 1 fully saturated rings. The van der Waals surface area contributed by atoms with Gasteiger partial charge in [0.15, 0.2) is 5.96 Å². The number of aryl methyl sites for hydroxylation is 2. The number of likely N-dealkylation sites (tertiary alicyclic amines) is 1. The topological polar surface area (TPSA) is 67.6 Å². The third-order valence-electron chi connectivity index (χ3n) is 4.04. The molecular weight excluding hydrogens is 379 g/mol. The van der Waals surface area contributed by atoms with Crippen molar-refractivity contribution >= 4 is 29.9 Å². The van der Waals surface area contributed by atoms with E-state index >= 15 is 0 Å². The molecule has 120 valence electrons. The van der Waals surface area contributed by atoms with E-state index in [9.17, 15) is 0 Å². The maximum atomic E-state index is 6.13. The molecule has 2 rings (SSSR count). The van der Waals surface area contributed by atoms with Crippen molar-refractivity contribution < 1.29 is 4.52 Å². The molecule has 0 aliphatic carbocycles. The van der Waals surface area contributed by atoms with Gasteiger partial charge in [-0.2, -0.15) is 0 Å². The molecule has 1 unspecified atom stereocenters. The molecule has 5 nitrogen and oxygen atoms in total. The molecule has 0 amide bonds. The van der Waals surface area contributed by atoms with Crippen molar-refractivity contribution in [1.29, 1.82) is 0 Å². The second-order valence-electron chi connectivity index (χ2n) is 5.74. The number of hydrogen-bond donors (Lipinski definition) is 1. The maximum absolute atomic E-state index is 6.13. The summed E-state index contributed by atoms with van der Waals surface area (Å²) in [5.41, 5.74) is 8.25. The van der Waals surface area contributed by atoms with Gasteiger partial charge in [-0.05, 0) is 26.7 Å². The summed E-state index contributed by atoms with van der Waals surface area (Å²) < 4.78 is 5.22. The van der Waals surface area contributed by atoms with Crippen molar-refractivity contribution in [2.45, 2.75) is 52.4 Å². The van der Waals surface area contributed by atoms with Gasteiger partial charge in [-0.1, -0.05) is 24.9 Å². The van der Waals surface area contributed by atoms with E-state index in [1.54, 1.807) is 0 Å². The molecule has 0 saturated carbocycles. The summed E-state index contributed by atoms with van der Waals surface area (Å²) in [4.78, 5) is 6.79. The Bertz CT molecular complexity index is 445. The Labute approximate surface area is 144 Å². The Morgan fingerprint density at radius 1 is 1.29 bits per heavy atom. The van der Waals surface area contributed by atoms with E-state index in [0.717, 1.165) is 30.1 Å². The van der Waals surface area contributed by atoms with Crippen molar-refractivity contribution in [2.24, 2.45) is 10.7 Å². The molecule has 1 aliphatic heterocycles. The van der Waals surface area contributed by atoms with E-state index in [1.807, 2.05) is 13.8 Å². The Kier molecular flexibility index (Phi) is 7.48. The molecule has 2 N–H and O–H groups in total. The highest BCUT2D eigenvalue weighted by molar-refractivity contribution is 14.0. The van der Waals surface area contributed by atoms with Crippen LogP contribution in [0.2, 0.25) is 0 Å². The molecule has 1 aromatic rings. The zero-order valence-corrected chi connectivity index (χ0v) is 15.6. The number of nitrogens with zero attached hydrogens (tertiary/aromatic N) is 3. The lowest BCUT2D eigenvalue weighted by Crippen LogP contribution is -2.38. The number of aromatic nitrogens is 1. The van der Waals surface area contributed by atoms with Crippen LogP contribution in [0.25, 0.3) is 0 Å². The minimum absolute atomic E-state index is 0.